The third kappa shape index (κ3) is 7.61. The quantitative estimate of drug-likeness (QED) is 0.271. The standard InChI is InChI=1S/C25H25Cl2N3O5S/c1-3-34-23-14-19(12-13-22(23)35-17-18-8-5-4-6-9-18)15-28-29-24(31)16-30(36(2,32)33)21-11-7-10-20(26)25(21)27/h4-15H,3,16-17H2,1-2H3,(H,29,31)/b28-15-. The molecule has 0 aliphatic heterocycles. The van der Waals surface area contributed by atoms with Crippen LogP contribution in [0.3, 0.4) is 0 Å². The number of carbonyl (C=O) groups is 1. The van der Waals surface area contributed by atoms with Crippen LogP contribution < -0.4 is 19.2 Å². The maximum absolute atomic E-state index is 12.5. The molecule has 0 saturated heterocycles. The summed E-state index contributed by atoms with van der Waals surface area (Å²) in [6.45, 7) is 2.15. The predicted molar refractivity (Wildman–Crippen MR) is 143 cm³/mol. The lowest BCUT2D eigenvalue weighted by atomic mass is 10.2. The zero-order valence-electron chi connectivity index (χ0n) is 19.6. The van der Waals surface area contributed by atoms with Crippen molar-refractivity contribution in [3.8, 4) is 11.5 Å². The van der Waals surface area contributed by atoms with Crippen molar-refractivity contribution in [3.63, 3.8) is 0 Å². The van der Waals surface area contributed by atoms with E-state index in [4.69, 9.17) is 32.7 Å². The number of sulfonamides is 1. The molecular weight excluding hydrogens is 525 g/mol. The molecule has 0 fully saturated rings. The van der Waals surface area contributed by atoms with E-state index in [1.54, 1.807) is 24.3 Å². The first-order valence-electron chi connectivity index (χ1n) is 10.9. The molecule has 1 amide bonds. The Bertz CT molecular complexity index is 1330. The van der Waals surface area contributed by atoms with Crippen LogP contribution in [0, 0.1) is 0 Å². The van der Waals surface area contributed by atoms with Gasteiger partial charge in [-0.25, -0.2) is 13.8 Å². The zero-order valence-corrected chi connectivity index (χ0v) is 22.0. The van der Waals surface area contributed by atoms with E-state index in [0.29, 0.717) is 30.3 Å². The monoisotopic (exact) mass is 549 g/mol. The Kier molecular flexibility index (Phi) is 9.58. The van der Waals surface area contributed by atoms with Gasteiger partial charge in [-0.2, -0.15) is 5.10 Å². The predicted octanol–water partition coefficient (Wildman–Crippen LogP) is 4.89. The van der Waals surface area contributed by atoms with Crippen LogP contribution >= 0.6 is 23.2 Å². The van der Waals surface area contributed by atoms with Gasteiger partial charge in [0.1, 0.15) is 13.2 Å². The van der Waals surface area contributed by atoms with Crippen LogP contribution in [0.1, 0.15) is 18.1 Å². The molecule has 3 aromatic rings. The summed E-state index contributed by atoms with van der Waals surface area (Å²) in [7, 11) is -3.82. The second kappa shape index (κ2) is 12.6. The van der Waals surface area contributed by atoms with E-state index in [1.807, 2.05) is 37.3 Å². The molecule has 0 radical (unpaired) electrons. The lowest BCUT2D eigenvalue weighted by molar-refractivity contribution is -0.119. The summed E-state index contributed by atoms with van der Waals surface area (Å²) >= 11 is 12.1. The number of hydrogen-bond donors (Lipinski definition) is 1. The van der Waals surface area contributed by atoms with Crippen molar-refractivity contribution < 1.29 is 22.7 Å². The fourth-order valence-electron chi connectivity index (χ4n) is 3.14. The molecule has 190 valence electrons. The van der Waals surface area contributed by atoms with E-state index in [-0.39, 0.29) is 15.7 Å². The molecule has 0 aliphatic carbocycles. The summed E-state index contributed by atoms with van der Waals surface area (Å²) in [5.41, 5.74) is 4.09. The fraction of sp³-hybridized carbons (Fsp3) is 0.200. The average Bonchev–Trinajstić information content (AvgIpc) is 2.84. The molecule has 0 unspecified atom stereocenters. The number of rotatable bonds is 11. The number of nitrogens with zero attached hydrogens (tertiary/aromatic N) is 2. The second-order valence-electron chi connectivity index (χ2n) is 7.55. The minimum atomic E-state index is -3.82. The Morgan fingerprint density at radius 3 is 2.47 bits per heavy atom. The molecule has 8 nitrogen and oxygen atoms in total. The Labute approximate surface area is 220 Å². The van der Waals surface area contributed by atoms with Gasteiger partial charge in [0.2, 0.25) is 10.0 Å². The van der Waals surface area contributed by atoms with Crippen LogP contribution in [0.25, 0.3) is 0 Å². The van der Waals surface area contributed by atoms with Gasteiger partial charge in [0.25, 0.3) is 5.91 Å². The number of ether oxygens (including phenoxy) is 2. The number of anilines is 1. The van der Waals surface area contributed by atoms with Crippen LogP contribution in [0.5, 0.6) is 11.5 Å². The van der Waals surface area contributed by atoms with Crippen molar-refractivity contribution in [1.82, 2.24) is 5.43 Å². The molecule has 0 atom stereocenters. The summed E-state index contributed by atoms with van der Waals surface area (Å²) < 4.78 is 37.0. The van der Waals surface area contributed by atoms with Crippen LogP contribution in [-0.2, 0) is 21.4 Å². The van der Waals surface area contributed by atoms with E-state index in [0.717, 1.165) is 16.1 Å². The van der Waals surface area contributed by atoms with Gasteiger partial charge in [0, 0.05) is 0 Å². The molecule has 3 rings (SSSR count). The summed E-state index contributed by atoms with van der Waals surface area (Å²) in [6, 6.07) is 19.5. The highest BCUT2D eigenvalue weighted by Crippen LogP contribution is 2.33. The van der Waals surface area contributed by atoms with Crippen LogP contribution in [0.15, 0.2) is 71.8 Å². The Morgan fingerprint density at radius 2 is 1.78 bits per heavy atom. The molecule has 0 saturated carbocycles. The normalized spacial score (nSPS) is 11.3. The van der Waals surface area contributed by atoms with Crippen molar-refractivity contribution in [2.24, 2.45) is 5.10 Å². The summed E-state index contributed by atoms with van der Waals surface area (Å²) in [4.78, 5) is 12.5. The van der Waals surface area contributed by atoms with E-state index in [2.05, 4.69) is 10.5 Å². The largest absolute Gasteiger partial charge is 0.490 e. The van der Waals surface area contributed by atoms with E-state index >= 15 is 0 Å². The first-order chi connectivity index (χ1) is 17.2. The van der Waals surface area contributed by atoms with E-state index in [1.165, 1.54) is 18.3 Å². The smallest absolute Gasteiger partial charge is 0.260 e. The first kappa shape index (κ1) is 27.3. The Hall–Kier alpha value is -3.27. The molecule has 1 N–H and O–H groups in total. The van der Waals surface area contributed by atoms with Crippen LogP contribution in [-0.4, -0.2) is 39.9 Å². The SMILES string of the molecule is CCOc1cc(/C=N\NC(=O)CN(c2cccc(Cl)c2Cl)S(C)(=O)=O)ccc1OCc1ccccc1. The molecule has 3 aromatic carbocycles. The molecule has 0 aliphatic rings. The third-order valence-corrected chi connectivity index (χ3v) is 6.73. The van der Waals surface area contributed by atoms with Crippen LogP contribution in [0.4, 0.5) is 5.69 Å². The number of amides is 1. The van der Waals surface area contributed by atoms with E-state index < -0.39 is 22.5 Å². The maximum atomic E-state index is 12.5. The third-order valence-electron chi connectivity index (χ3n) is 4.80. The molecule has 36 heavy (non-hydrogen) atoms. The summed E-state index contributed by atoms with van der Waals surface area (Å²) in [5.74, 6) is 0.437. The maximum Gasteiger partial charge on any atom is 0.260 e. The van der Waals surface area contributed by atoms with Gasteiger partial charge in [0.15, 0.2) is 11.5 Å². The average molecular weight is 550 g/mol. The van der Waals surface area contributed by atoms with Crippen LogP contribution in [0.2, 0.25) is 10.0 Å². The van der Waals surface area contributed by atoms with Crippen molar-refractivity contribution in [2.45, 2.75) is 13.5 Å². The zero-order chi connectivity index (χ0) is 26.1. The van der Waals surface area contributed by atoms with Gasteiger partial charge in [-0.05, 0) is 48.4 Å². The van der Waals surface area contributed by atoms with E-state index in [9.17, 15) is 13.2 Å². The molecule has 0 heterocycles. The highest BCUT2D eigenvalue weighted by molar-refractivity contribution is 7.92. The number of nitrogens with one attached hydrogen (secondary N) is 1. The van der Waals surface area contributed by atoms with Gasteiger partial charge in [-0.15, -0.1) is 0 Å². The first-order valence-corrected chi connectivity index (χ1v) is 13.5. The highest BCUT2D eigenvalue weighted by Gasteiger charge is 2.23. The Balaban J connectivity index is 1.67. The van der Waals surface area contributed by atoms with Crippen molar-refractivity contribution in [3.05, 3.63) is 87.9 Å². The van der Waals surface area contributed by atoms with Crippen molar-refractivity contribution in [1.29, 1.82) is 0 Å². The summed E-state index contributed by atoms with van der Waals surface area (Å²) in [6.07, 6.45) is 2.38. The number of hydrogen-bond acceptors (Lipinski definition) is 6. The second-order valence-corrected chi connectivity index (χ2v) is 10.2. The summed E-state index contributed by atoms with van der Waals surface area (Å²) in [5, 5.41) is 4.13. The van der Waals surface area contributed by atoms with Crippen molar-refractivity contribution in [2.75, 3.05) is 23.7 Å². The minimum Gasteiger partial charge on any atom is -0.490 e. The number of halogens is 2. The highest BCUT2D eigenvalue weighted by atomic mass is 35.5. The molecule has 0 bridgehead atoms. The number of hydrazone groups is 1. The van der Waals surface area contributed by atoms with Gasteiger partial charge in [-0.3, -0.25) is 9.10 Å². The fourth-order valence-corrected chi connectivity index (χ4v) is 4.45. The number of carbonyl (C=O) groups excluding carboxylic acids is 1. The minimum absolute atomic E-state index is 0.0268. The lowest BCUT2D eigenvalue weighted by Crippen LogP contribution is -2.39. The van der Waals surface area contributed by atoms with Gasteiger partial charge >= 0.3 is 0 Å². The molecule has 0 aromatic heterocycles. The number of benzene rings is 3. The molecule has 11 heteroatoms. The van der Waals surface area contributed by atoms with Gasteiger partial charge in [-0.1, -0.05) is 59.6 Å². The Morgan fingerprint density at radius 1 is 1.03 bits per heavy atom. The lowest BCUT2D eigenvalue weighted by Gasteiger charge is -2.22. The van der Waals surface area contributed by atoms with Gasteiger partial charge < -0.3 is 9.47 Å². The van der Waals surface area contributed by atoms with Gasteiger partial charge in [0.05, 0.1) is 34.8 Å². The molecule has 0 spiro atoms. The van der Waals surface area contributed by atoms with Crippen molar-refractivity contribution >= 4 is 51.0 Å². The topological polar surface area (TPSA) is 97.3 Å². The molecular formula is C25H25Cl2N3O5S.